The van der Waals surface area contributed by atoms with Gasteiger partial charge in [-0.2, -0.15) is 0 Å². The van der Waals surface area contributed by atoms with Crippen LogP contribution in [0.3, 0.4) is 0 Å². The van der Waals surface area contributed by atoms with Crippen LogP contribution in [0.4, 0.5) is 15.3 Å². The first-order valence-electron chi connectivity index (χ1n) is 24.6. The number of rotatable bonds is 9. The molecule has 5 aliphatic rings. The molecule has 11 rings (SSSR count). The minimum absolute atomic E-state index is 0.0420. The number of fused-ring (bicyclic) bond motifs is 4. The second kappa shape index (κ2) is 19.8. The van der Waals surface area contributed by atoms with E-state index < -0.39 is 71.5 Å². The molecule has 374 valence electrons. The van der Waals surface area contributed by atoms with Crippen LogP contribution in [-0.4, -0.2) is 95.2 Å². The molecular formula is C58H53N7O9. The number of morpholine rings is 1. The molecule has 7 atom stereocenters. The van der Waals surface area contributed by atoms with Gasteiger partial charge in [0, 0.05) is 38.3 Å². The van der Waals surface area contributed by atoms with E-state index in [0.717, 1.165) is 21.6 Å². The molecule has 5 heterocycles. The number of imide groups is 1. The van der Waals surface area contributed by atoms with Gasteiger partial charge in [-0.25, -0.2) is 14.5 Å². The van der Waals surface area contributed by atoms with Crippen LogP contribution < -0.4 is 30.7 Å². The van der Waals surface area contributed by atoms with Crippen LogP contribution in [-0.2, 0) is 31.1 Å². The van der Waals surface area contributed by atoms with Gasteiger partial charge in [-0.15, -0.1) is 0 Å². The van der Waals surface area contributed by atoms with Crippen molar-refractivity contribution >= 4 is 35.5 Å². The third-order valence-corrected chi connectivity index (χ3v) is 14.9. The van der Waals surface area contributed by atoms with E-state index in [9.17, 15) is 9.90 Å². The molecule has 16 heteroatoms. The Bertz CT molecular complexity index is 3200. The number of hydrogen-bond acceptors (Lipinski definition) is 11. The summed E-state index contributed by atoms with van der Waals surface area (Å²) in [5.74, 6) is 3.93. The van der Waals surface area contributed by atoms with Gasteiger partial charge >= 0.3 is 18.0 Å². The molecule has 0 unspecified atom stereocenters. The maximum Gasteiger partial charge on any atom is 0.329 e. The predicted octanol–water partition coefficient (Wildman–Crippen LogP) is 6.62. The Morgan fingerprint density at radius 2 is 1.45 bits per heavy atom. The molecule has 0 bridgehead atoms. The van der Waals surface area contributed by atoms with Gasteiger partial charge in [-0.05, 0) is 82.8 Å². The number of urea groups is 2. The lowest BCUT2D eigenvalue weighted by atomic mass is 9.64. The summed E-state index contributed by atoms with van der Waals surface area (Å²) in [6, 6.07) is 40.2. The van der Waals surface area contributed by atoms with E-state index >= 15 is 19.2 Å². The number of benzene rings is 6. The summed E-state index contributed by atoms with van der Waals surface area (Å²) in [4.78, 5) is 82.6. The number of piperazine rings is 1. The van der Waals surface area contributed by atoms with E-state index in [4.69, 9.17) is 19.9 Å². The Hall–Kier alpha value is -8.65. The molecule has 0 aromatic heterocycles. The molecule has 16 nitrogen and oxygen atoms in total. The number of nitrogens with two attached hydrogens (primary N) is 1. The minimum atomic E-state index is -2.04. The summed E-state index contributed by atoms with van der Waals surface area (Å²) in [5, 5.41) is 16.4. The van der Waals surface area contributed by atoms with E-state index in [1.165, 1.54) is 12.1 Å². The SMILES string of the molecule is C[C@@H](NC(=O)N1C(=O)[C@@]2(c3cc(C#CCNC(N)=O)ccc31)[C@H](c1ccc(O)cc1)N1[C@H](c3ccccc3)[C@H](c3ccccc3)OC(=O)[C@H]1[C@@H]2C(=O)N1CCN(Cc2ccc3c(c2)OCO3)CC1)c1ccccc1. The lowest BCUT2D eigenvalue weighted by Crippen LogP contribution is -2.59. The van der Waals surface area contributed by atoms with Crippen molar-refractivity contribution in [2.75, 3.05) is 44.4 Å². The number of nitrogens with zero attached hydrogens (tertiary/aromatic N) is 4. The fourth-order valence-electron chi connectivity index (χ4n) is 11.6. The van der Waals surface area contributed by atoms with Gasteiger partial charge in [0.05, 0.1) is 36.3 Å². The second-order valence-corrected chi connectivity index (χ2v) is 19.1. The van der Waals surface area contributed by atoms with Crippen LogP contribution in [0.2, 0.25) is 0 Å². The fourth-order valence-corrected chi connectivity index (χ4v) is 11.6. The van der Waals surface area contributed by atoms with Crippen molar-refractivity contribution in [1.82, 2.24) is 25.3 Å². The largest absolute Gasteiger partial charge is 0.508 e. The van der Waals surface area contributed by atoms with Gasteiger partial charge in [-0.1, -0.05) is 121 Å². The first-order valence-corrected chi connectivity index (χ1v) is 24.6. The van der Waals surface area contributed by atoms with Gasteiger partial charge in [0.2, 0.25) is 18.6 Å². The molecule has 5 N–H and O–H groups in total. The zero-order valence-electron chi connectivity index (χ0n) is 40.4. The average molecular weight is 992 g/mol. The molecule has 1 spiro atoms. The number of amides is 6. The Morgan fingerprint density at radius 1 is 0.770 bits per heavy atom. The molecule has 74 heavy (non-hydrogen) atoms. The van der Waals surface area contributed by atoms with Crippen LogP contribution in [0.25, 0.3) is 0 Å². The van der Waals surface area contributed by atoms with Gasteiger partial charge in [-0.3, -0.25) is 24.2 Å². The first kappa shape index (κ1) is 47.7. The number of carbonyl (C=O) groups is 5. The second-order valence-electron chi connectivity index (χ2n) is 19.1. The zero-order valence-corrected chi connectivity index (χ0v) is 40.4. The van der Waals surface area contributed by atoms with Crippen molar-refractivity contribution in [2.45, 2.75) is 49.2 Å². The summed E-state index contributed by atoms with van der Waals surface area (Å²) < 4.78 is 17.8. The lowest BCUT2D eigenvalue weighted by molar-refractivity contribution is -0.179. The highest BCUT2D eigenvalue weighted by Crippen LogP contribution is 2.66. The maximum absolute atomic E-state index is 16.8. The predicted molar refractivity (Wildman–Crippen MR) is 272 cm³/mol. The lowest BCUT2D eigenvalue weighted by Gasteiger charge is -2.46. The number of aromatic hydroxyl groups is 1. The highest BCUT2D eigenvalue weighted by Gasteiger charge is 2.76. The summed E-state index contributed by atoms with van der Waals surface area (Å²) >= 11 is 0. The number of carbonyl (C=O) groups excluding carboxylic acids is 5. The number of hydrogen-bond donors (Lipinski definition) is 4. The number of phenols is 1. The van der Waals surface area contributed by atoms with Crippen LogP contribution in [0.15, 0.2) is 152 Å². The highest BCUT2D eigenvalue weighted by atomic mass is 16.7. The standard InChI is InChI=1S/C58H53N7O9/c1-36(39-13-5-2-6-14-39)61-57(71)64-45-25-19-37(12-11-27-60-56(59)70)32-44(45)58(55(64)69)48(53(67)63-30-28-62(29-31-63)34-38-20-26-46-47(33-38)73-35-72-46)50-54(68)74-51(41-17-9-4-10-18-41)49(40-15-7-3-8-16-40)65(50)52(58)42-21-23-43(66)24-22-42/h2-10,13-26,32-33,36,48-52,66H,27-31,34-35H2,1H3,(H,61,71)(H3,59,60,70)/t36-,48-,49-,50-,51+,52+,58-/m1/s1. The van der Waals surface area contributed by atoms with Crippen molar-refractivity contribution in [1.29, 1.82) is 0 Å². The highest BCUT2D eigenvalue weighted by molar-refractivity contribution is 6.24. The molecule has 6 aromatic carbocycles. The van der Waals surface area contributed by atoms with E-state index in [1.54, 1.807) is 35.2 Å². The van der Waals surface area contributed by atoms with Crippen LogP contribution in [0.1, 0.15) is 70.1 Å². The number of phenolic OH excluding ortho intramolecular Hbond substituents is 1. The van der Waals surface area contributed by atoms with Crippen LogP contribution in [0.5, 0.6) is 17.2 Å². The monoisotopic (exact) mass is 991 g/mol. The molecule has 5 aliphatic heterocycles. The number of esters is 1. The summed E-state index contributed by atoms with van der Waals surface area (Å²) in [5.41, 5.74) is 7.98. The molecule has 6 aromatic rings. The molecule has 0 saturated carbocycles. The molecule has 0 radical (unpaired) electrons. The van der Waals surface area contributed by atoms with E-state index in [0.29, 0.717) is 53.4 Å². The molecule has 0 aliphatic carbocycles. The fraction of sp³-hybridized carbons (Fsp3) is 0.259. The average Bonchev–Trinajstić information content (AvgIpc) is 4.15. The Kier molecular flexibility index (Phi) is 12.7. The van der Waals surface area contributed by atoms with Crippen LogP contribution in [0, 0.1) is 17.8 Å². The molecule has 6 amide bonds. The number of ether oxygens (including phenoxy) is 3. The molecule has 3 fully saturated rings. The summed E-state index contributed by atoms with van der Waals surface area (Å²) in [7, 11) is 0. The van der Waals surface area contributed by atoms with Gasteiger partial charge in [0.25, 0.3) is 0 Å². The Balaban J connectivity index is 1.10. The van der Waals surface area contributed by atoms with E-state index in [-0.39, 0.29) is 37.9 Å². The van der Waals surface area contributed by atoms with Crippen molar-refractivity contribution < 1.29 is 43.3 Å². The van der Waals surface area contributed by atoms with Crippen LogP contribution >= 0.6 is 0 Å². The summed E-state index contributed by atoms with van der Waals surface area (Å²) in [6.45, 7) is 3.93. The quantitative estimate of drug-likeness (QED) is 0.0898. The summed E-state index contributed by atoms with van der Waals surface area (Å²) in [6.07, 6.45) is -0.926. The maximum atomic E-state index is 16.8. The number of nitrogens with one attached hydrogen (secondary N) is 2. The third kappa shape index (κ3) is 8.49. The third-order valence-electron chi connectivity index (χ3n) is 14.9. The normalized spacial score (nSPS) is 23.3. The van der Waals surface area contributed by atoms with Gasteiger partial charge < -0.3 is 40.6 Å². The number of cyclic esters (lactones) is 1. The van der Waals surface area contributed by atoms with Gasteiger partial charge in [0.15, 0.2) is 11.5 Å². The van der Waals surface area contributed by atoms with Crippen molar-refractivity contribution in [3.8, 4) is 29.1 Å². The van der Waals surface area contributed by atoms with E-state index in [2.05, 4.69) is 27.4 Å². The molecule has 3 saturated heterocycles. The Morgan fingerprint density at radius 3 is 2.15 bits per heavy atom. The smallest absolute Gasteiger partial charge is 0.329 e. The zero-order chi connectivity index (χ0) is 51.1. The van der Waals surface area contributed by atoms with E-state index in [1.807, 2.05) is 121 Å². The minimum Gasteiger partial charge on any atom is -0.508 e. The van der Waals surface area contributed by atoms with Crippen molar-refractivity contribution in [2.24, 2.45) is 11.7 Å². The molecular weight excluding hydrogens is 939 g/mol. The van der Waals surface area contributed by atoms with Gasteiger partial charge in [0.1, 0.15) is 23.3 Å². The Labute approximate surface area is 427 Å². The number of anilines is 1. The van der Waals surface area contributed by atoms with Crippen molar-refractivity contribution in [3.05, 3.63) is 191 Å². The number of primary amides is 1. The van der Waals surface area contributed by atoms with Crippen molar-refractivity contribution in [3.63, 3.8) is 0 Å². The topological polar surface area (TPSA) is 196 Å². The first-order chi connectivity index (χ1) is 36.0.